The molecule has 3 aromatic rings. The van der Waals surface area contributed by atoms with Crippen molar-refractivity contribution in [2.45, 2.75) is 69.0 Å². The lowest BCUT2D eigenvalue weighted by Crippen LogP contribution is -2.54. The van der Waals surface area contributed by atoms with E-state index in [1.165, 1.54) is 31.3 Å². The number of hydrogen-bond donors (Lipinski definition) is 1. The molecule has 0 aliphatic heterocycles. The van der Waals surface area contributed by atoms with Crippen LogP contribution in [-0.2, 0) is 26.2 Å². The number of methoxy groups -OCH3 is 3. The van der Waals surface area contributed by atoms with Crippen LogP contribution in [0.1, 0.15) is 51.0 Å². The molecule has 1 aliphatic rings. The molecule has 0 saturated heterocycles. The molecule has 1 N–H and O–H groups in total. The lowest BCUT2D eigenvalue weighted by atomic mass is 9.95. The Labute approximate surface area is 266 Å². The number of carbonyl (C=O) groups excluding carboxylic acids is 2. The van der Waals surface area contributed by atoms with Gasteiger partial charge in [0.1, 0.15) is 29.8 Å². The van der Waals surface area contributed by atoms with Crippen molar-refractivity contribution in [3.05, 3.63) is 78.4 Å². The molecule has 0 spiro atoms. The first-order valence-electron chi connectivity index (χ1n) is 15.2. The third kappa shape index (κ3) is 8.27. The highest BCUT2D eigenvalue weighted by Crippen LogP contribution is 2.33. The second-order valence-electron chi connectivity index (χ2n) is 11.0. The van der Waals surface area contributed by atoms with E-state index in [2.05, 4.69) is 5.32 Å². The summed E-state index contributed by atoms with van der Waals surface area (Å²) >= 11 is 0. The molecular weight excluding hydrogens is 594 g/mol. The number of rotatable bonds is 14. The predicted octanol–water partition coefficient (Wildman–Crippen LogP) is 5.16. The number of para-hydroxylation sites is 2. The highest BCUT2D eigenvalue weighted by molar-refractivity contribution is 7.92. The minimum absolute atomic E-state index is 0.0246. The van der Waals surface area contributed by atoms with Gasteiger partial charge in [0.05, 0.1) is 31.9 Å². The van der Waals surface area contributed by atoms with E-state index in [1.54, 1.807) is 55.6 Å². The fraction of sp³-hybridized carbons (Fsp3) is 0.412. The zero-order valence-electron chi connectivity index (χ0n) is 26.4. The smallest absolute Gasteiger partial charge is 0.264 e. The summed E-state index contributed by atoms with van der Waals surface area (Å²) in [6, 6.07) is 19.1. The second-order valence-corrected chi connectivity index (χ2v) is 12.9. The zero-order chi connectivity index (χ0) is 32.4. The van der Waals surface area contributed by atoms with E-state index in [9.17, 15) is 18.0 Å². The van der Waals surface area contributed by atoms with Gasteiger partial charge in [-0.05, 0) is 73.4 Å². The Balaban J connectivity index is 1.74. The van der Waals surface area contributed by atoms with Crippen molar-refractivity contribution in [3.63, 3.8) is 0 Å². The summed E-state index contributed by atoms with van der Waals surface area (Å²) in [6.45, 7) is 1.37. The average Bonchev–Trinajstić information content (AvgIpc) is 3.07. The molecule has 4 rings (SSSR count). The maximum atomic E-state index is 14.4. The van der Waals surface area contributed by atoms with Crippen LogP contribution in [0.15, 0.2) is 77.7 Å². The molecular formula is C34H43N3O7S. The summed E-state index contributed by atoms with van der Waals surface area (Å²) < 4.78 is 45.6. The average molecular weight is 638 g/mol. The summed E-state index contributed by atoms with van der Waals surface area (Å²) in [4.78, 5) is 29.6. The van der Waals surface area contributed by atoms with Gasteiger partial charge >= 0.3 is 0 Å². The third-order valence-electron chi connectivity index (χ3n) is 8.10. The molecule has 3 aromatic carbocycles. The molecule has 0 radical (unpaired) electrons. The minimum atomic E-state index is -4.27. The molecule has 1 fully saturated rings. The van der Waals surface area contributed by atoms with Gasteiger partial charge in [0.2, 0.25) is 11.8 Å². The van der Waals surface area contributed by atoms with E-state index in [0.29, 0.717) is 17.9 Å². The van der Waals surface area contributed by atoms with Gasteiger partial charge in [0.15, 0.2) is 0 Å². The van der Waals surface area contributed by atoms with Gasteiger partial charge in [-0.25, -0.2) is 8.42 Å². The summed E-state index contributed by atoms with van der Waals surface area (Å²) in [6.07, 6.45) is 5.37. The van der Waals surface area contributed by atoms with Gasteiger partial charge in [0.25, 0.3) is 10.0 Å². The van der Waals surface area contributed by atoms with Crippen molar-refractivity contribution in [3.8, 4) is 17.2 Å². The molecule has 45 heavy (non-hydrogen) atoms. The Morgan fingerprint density at radius 3 is 2.20 bits per heavy atom. The SMILES string of the molecule is CC[C@@H](C(=O)NC1CCCCC1)N(Cc1cccc(OC)c1)C(=O)CN(c1ccccc1OC)S(=O)(=O)c1ccc(OC)cc1. The molecule has 0 aromatic heterocycles. The maximum absolute atomic E-state index is 14.4. The quantitative estimate of drug-likeness (QED) is 0.260. The predicted molar refractivity (Wildman–Crippen MR) is 173 cm³/mol. The van der Waals surface area contributed by atoms with E-state index >= 15 is 0 Å². The van der Waals surface area contributed by atoms with Crippen molar-refractivity contribution in [1.82, 2.24) is 10.2 Å². The monoisotopic (exact) mass is 637 g/mol. The van der Waals surface area contributed by atoms with Gasteiger partial charge in [-0.1, -0.05) is 50.5 Å². The van der Waals surface area contributed by atoms with Crippen LogP contribution in [0.3, 0.4) is 0 Å². The Morgan fingerprint density at radius 2 is 1.56 bits per heavy atom. The molecule has 10 nitrogen and oxygen atoms in total. The van der Waals surface area contributed by atoms with Crippen LogP contribution < -0.4 is 23.8 Å². The minimum Gasteiger partial charge on any atom is -0.497 e. The third-order valence-corrected chi connectivity index (χ3v) is 9.88. The van der Waals surface area contributed by atoms with Crippen LogP contribution in [-0.4, -0.2) is 65.1 Å². The van der Waals surface area contributed by atoms with E-state index in [-0.39, 0.29) is 34.8 Å². The van der Waals surface area contributed by atoms with Gasteiger partial charge in [-0.3, -0.25) is 13.9 Å². The standard InChI is InChI=1S/C34H43N3O7S/c1-5-30(34(39)35-26-13-7-6-8-14-26)36(23-25-12-11-15-28(22-25)43-3)33(38)24-37(31-16-9-10-17-32(31)44-4)45(40,41)29-20-18-27(42-2)19-21-29/h9-12,15-22,26,30H,5-8,13-14,23-24H2,1-4H3,(H,35,39)/t30-/m0/s1. The Morgan fingerprint density at radius 1 is 0.867 bits per heavy atom. The summed E-state index contributed by atoms with van der Waals surface area (Å²) in [5, 5.41) is 3.16. The molecule has 242 valence electrons. The van der Waals surface area contributed by atoms with Crippen molar-refractivity contribution < 1.29 is 32.2 Å². The Kier molecular flexibility index (Phi) is 11.7. The molecule has 0 bridgehead atoms. The second kappa shape index (κ2) is 15.7. The number of anilines is 1. The van der Waals surface area contributed by atoms with Crippen molar-refractivity contribution in [1.29, 1.82) is 0 Å². The topological polar surface area (TPSA) is 114 Å². The Hall–Kier alpha value is -4.25. The van der Waals surface area contributed by atoms with E-state index in [4.69, 9.17) is 14.2 Å². The number of nitrogens with one attached hydrogen (secondary N) is 1. The van der Waals surface area contributed by atoms with Gasteiger partial charge in [-0.2, -0.15) is 0 Å². The first-order valence-corrected chi connectivity index (χ1v) is 16.7. The van der Waals surface area contributed by atoms with Crippen LogP contribution in [0.2, 0.25) is 0 Å². The lowest BCUT2D eigenvalue weighted by Gasteiger charge is -2.34. The molecule has 2 amide bonds. The summed E-state index contributed by atoms with van der Waals surface area (Å²) in [5.74, 6) is 0.600. The first-order chi connectivity index (χ1) is 21.7. The molecule has 0 unspecified atom stereocenters. The largest absolute Gasteiger partial charge is 0.497 e. The van der Waals surface area contributed by atoms with Crippen molar-refractivity contribution in [2.75, 3.05) is 32.2 Å². The number of hydrogen-bond acceptors (Lipinski definition) is 7. The zero-order valence-corrected chi connectivity index (χ0v) is 27.2. The summed E-state index contributed by atoms with van der Waals surface area (Å²) in [7, 11) is 0.226. The van der Waals surface area contributed by atoms with Gasteiger partial charge in [-0.15, -0.1) is 0 Å². The normalized spacial score (nSPS) is 14.2. The summed E-state index contributed by atoms with van der Waals surface area (Å²) in [5.41, 5.74) is 0.943. The highest BCUT2D eigenvalue weighted by atomic mass is 32.2. The van der Waals surface area contributed by atoms with E-state index < -0.39 is 28.5 Å². The molecule has 11 heteroatoms. The van der Waals surface area contributed by atoms with Gasteiger partial charge in [0, 0.05) is 12.6 Å². The van der Waals surface area contributed by atoms with Crippen molar-refractivity contribution in [2.24, 2.45) is 0 Å². The molecule has 1 saturated carbocycles. The number of benzene rings is 3. The fourth-order valence-electron chi connectivity index (χ4n) is 5.66. The van der Waals surface area contributed by atoms with E-state index in [1.807, 2.05) is 19.1 Å². The molecule has 1 aliphatic carbocycles. The van der Waals surface area contributed by atoms with Crippen LogP contribution in [0, 0.1) is 0 Å². The number of carbonyl (C=O) groups is 2. The first kappa shape index (κ1) is 33.6. The Bertz CT molecular complexity index is 1540. The van der Waals surface area contributed by atoms with E-state index in [0.717, 1.165) is 42.0 Å². The lowest BCUT2D eigenvalue weighted by molar-refractivity contribution is -0.140. The van der Waals surface area contributed by atoms with Crippen LogP contribution >= 0.6 is 0 Å². The highest BCUT2D eigenvalue weighted by Gasteiger charge is 2.35. The molecule has 0 heterocycles. The number of ether oxygens (including phenoxy) is 3. The molecule has 1 atom stereocenters. The van der Waals surface area contributed by atoms with Crippen LogP contribution in [0.25, 0.3) is 0 Å². The number of amides is 2. The van der Waals surface area contributed by atoms with Crippen LogP contribution in [0.4, 0.5) is 5.69 Å². The van der Waals surface area contributed by atoms with Crippen molar-refractivity contribution >= 4 is 27.5 Å². The fourth-order valence-corrected chi connectivity index (χ4v) is 7.08. The number of nitrogens with zero attached hydrogens (tertiary/aromatic N) is 2. The van der Waals surface area contributed by atoms with Crippen LogP contribution in [0.5, 0.6) is 17.2 Å². The number of sulfonamides is 1. The van der Waals surface area contributed by atoms with Gasteiger partial charge < -0.3 is 24.4 Å². The maximum Gasteiger partial charge on any atom is 0.264 e.